The van der Waals surface area contributed by atoms with Crippen molar-refractivity contribution in [3.05, 3.63) is 78.4 Å². The molecular weight excluding hydrogens is 326 g/mol. The fourth-order valence-corrected chi connectivity index (χ4v) is 3.22. The van der Waals surface area contributed by atoms with Crippen LogP contribution in [0.3, 0.4) is 0 Å². The molecule has 0 saturated heterocycles. The van der Waals surface area contributed by atoms with Gasteiger partial charge in [-0.2, -0.15) is 0 Å². The molecule has 3 aromatic carbocycles. The van der Waals surface area contributed by atoms with Crippen LogP contribution in [0, 0.1) is 0 Å². The molecule has 0 aliphatic heterocycles. The van der Waals surface area contributed by atoms with Crippen molar-refractivity contribution in [2.75, 3.05) is 5.32 Å². The van der Waals surface area contributed by atoms with Crippen molar-refractivity contribution in [3.8, 4) is 22.6 Å². The number of phenols is 2. The molecule has 3 N–H and O–H groups in total. The monoisotopic (exact) mass is 345 g/mol. The van der Waals surface area contributed by atoms with E-state index in [2.05, 4.69) is 5.32 Å². The first-order valence-corrected chi connectivity index (χ1v) is 8.58. The molecule has 1 aliphatic rings. The van der Waals surface area contributed by atoms with Gasteiger partial charge in [-0.3, -0.25) is 4.79 Å². The second kappa shape index (κ2) is 6.23. The molecule has 3 aromatic rings. The van der Waals surface area contributed by atoms with E-state index in [-0.39, 0.29) is 17.4 Å². The molecule has 26 heavy (non-hydrogen) atoms. The van der Waals surface area contributed by atoms with Gasteiger partial charge in [0, 0.05) is 5.69 Å². The number of amides is 1. The van der Waals surface area contributed by atoms with E-state index >= 15 is 0 Å². The molecule has 0 unspecified atom stereocenters. The topological polar surface area (TPSA) is 69.6 Å². The van der Waals surface area contributed by atoms with Crippen molar-refractivity contribution in [3.63, 3.8) is 0 Å². The van der Waals surface area contributed by atoms with Gasteiger partial charge in [0.25, 0.3) is 0 Å². The standard InChI is InChI=1S/C22H19NO3/c24-19-11-8-17(14-20(19)25)22(12-13-22)21(26)23-18-9-6-16(7-10-18)15-4-2-1-3-5-15/h1-11,14,24-25H,12-13H2,(H,23,26). The number of anilines is 1. The third kappa shape index (κ3) is 2.90. The third-order valence-electron chi connectivity index (χ3n) is 4.96. The predicted molar refractivity (Wildman–Crippen MR) is 101 cm³/mol. The average Bonchev–Trinajstić information content (AvgIpc) is 3.47. The van der Waals surface area contributed by atoms with Crippen LogP contribution in [-0.4, -0.2) is 16.1 Å². The molecule has 1 fully saturated rings. The van der Waals surface area contributed by atoms with Crippen LogP contribution >= 0.6 is 0 Å². The number of hydrogen-bond acceptors (Lipinski definition) is 3. The molecule has 0 aromatic heterocycles. The molecule has 0 heterocycles. The molecule has 4 nitrogen and oxygen atoms in total. The Labute approximate surface area is 151 Å². The predicted octanol–water partition coefficient (Wildman–Crippen LogP) is 4.44. The van der Waals surface area contributed by atoms with Gasteiger partial charge in [-0.25, -0.2) is 0 Å². The van der Waals surface area contributed by atoms with Crippen molar-refractivity contribution >= 4 is 11.6 Å². The first-order chi connectivity index (χ1) is 12.6. The lowest BCUT2D eigenvalue weighted by Gasteiger charge is -2.16. The summed E-state index contributed by atoms with van der Waals surface area (Å²) < 4.78 is 0. The van der Waals surface area contributed by atoms with E-state index in [1.807, 2.05) is 54.6 Å². The summed E-state index contributed by atoms with van der Waals surface area (Å²) in [5, 5.41) is 22.2. The SMILES string of the molecule is O=C(Nc1ccc(-c2ccccc2)cc1)C1(c2ccc(O)c(O)c2)CC1. The number of hydrogen-bond donors (Lipinski definition) is 3. The van der Waals surface area contributed by atoms with E-state index in [1.165, 1.54) is 12.1 Å². The highest BCUT2D eigenvalue weighted by Crippen LogP contribution is 2.50. The van der Waals surface area contributed by atoms with Gasteiger partial charge >= 0.3 is 0 Å². The summed E-state index contributed by atoms with van der Waals surface area (Å²) in [6.45, 7) is 0. The van der Waals surface area contributed by atoms with E-state index in [9.17, 15) is 15.0 Å². The van der Waals surface area contributed by atoms with Crippen LogP contribution in [0.5, 0.6) is 11.5 Å². The van der Waals surface area contributed by atoms with Crippen LogP contribution in [0.1, 0.15) is 18.4 Å². The summed E-state index contributed by atoms with van der Waals surface area (Å²) in [6.07, 6.45) is 1.45. The Kier molecular flexibility index (Phi) is 3.88. The minimum atomic E-state index is -0.622. The third-order valence-corrected chi connectivity index (χ3v) is 4.96. The van der Waals surface area contributed by atoms with Gasteiger partial charge in [-0.15, -0.1) is 0 Å². The quantitative estimate of drug-likeness (QED) is 0.613. The average molecular weight is 345 g/mol. The van der Waals surface area contributed by atoms with Crippen LogP contribution in [-0.2, 0) is 10.2 Å². The van der Waals surface area contributed by atoms with Gasteiger partial charge in [-0.05, 0) is 53.8 Å². The Hall–Kier alpha value is -3.27. The van der Waals surface area contributed by atoms with Crippen LogP contribution < -0.4 is 5.32 Å². The zero-order valence-electron chi connectivity index (χ0n) is 14.1. The number of carbonyl (C=O) groups is 1. The molecule has 4 rings (SSSR count). The largest absolute Gasteiger partial charge is 0.504 e. The maximum absolute atomic E-state index is 12.8. The number of nitrogens with one attached hydrogen (secondary N) is 1. The number of rotatable bonds is 4. The van der Waals surface area contributed by atoms with Gasteiger partial charge in [0.15, 0.2) is 11.5 Å². The lowest BCUT2D eigenvalue weighted by Crippen LogP contribution is -2.27. The Balaban J connectivity index is 1.52. The minimum absolute atomic E-state index is 0.0879. The van der Waals surface area contributed by atoms with E-state index in [0.717, 1.165) is 35.2 Å². The highest BCUT2D eigenvalue weighted by atomic mass is 16.3. The van der Waals surface area contributed by atoms with E-state index in [0.29, 0.717) is 0 Å². The smallest absolute Gasteiger partial charge is 0.235 e. The first kappa shape index (κ1) is 16.2. The van der Waals surface area contributed by atoms with Crippen LogP contribution in [0.25, 0.3) is 11.1 Å². The van der Waals surface area contributed by atoms with Crippen LogP contribution in [0.15, 0.2) is 72.8 Å². The fourth-order valence-electron chi connectivity index (χ4n) is 3.22. The molecule has 1 aliphatic carbocycles. The van der Waals surface area contributed by atoms with Gasteiger partial charge in [-0.1, -0.05) is 48.5 Å². The Morgan fingerprint density at radius 2 is 1.46 bits per heavy atom. The molecule has 1 saturated carbocycles. The lowest BCUT2D eigenvalue weighted by atomic mass is 9.94. The summed E-state index contributed by atoms with van der Waals surface area (Å²) >= 11 is 0. The number of aromatic hydroxyl groups is 2. The minimum Gasteiger partial charge on any atom is -0.504 e. The second-order valence-corrected chi connectivity index (χ2v) is 6.68. The maximum Gasteiger partial charge on any atom is 0.235 e. The van der Waals surface area contributed by atoms with Crippen molar-refractivity contribution in [2.45, 2.75) is 18.3 Å². The number of phenolic OH excluding ortho intramolecular Hbond substituents is 2. The lowest BCUT2D eigenvalue weighted by molar-refractivity contribution is -0.118. The zero-order valence-corrected chi connectivity index (χ0v) is 14.1. The summed E-state index contributed by atoms with van der Waals surface area (Å²) in [4.78, 5) is 12.8. The van der Waals surface area contributed by atoms with Gasteiger partial charge in [0.2, 0.25) is 5.91 Å². The molecular formula is C22H19NO3. The maximum atomic E-state index is 12.8. The highest BCUT2D eigenvalue weighted by molar-refractivity contribution is 6.01. The molecule has 0 atom stereocenters. The van der Waals surface area contributed by atoms with Crippen molar-refractivity contribution in [2.24, 2.45) is 0 Å². The van der Waals surface area contributed by atoms with Gasteiger partial charge < -0.3 is 15.5 Å². The number of carbonyl (C=O) groups excluding carboxylic acids is 1. The summed E-state index contributed by atoms with van der Waals surface area (Å²) in [7, 11) is 0. The Morgan fingerprint density at radius 3 is 2.08 bits per heavy atom. The van der Waals surface area contributed by atoms with Crippen molar-refractivity contribution in [1.29, 1.82) is 0 Å². The molecule has 0 radical (unpaired) electrons. The van der Waals surface area contributed by atoms with Crippen molar-refractivity contribution in [1.82, 2.24) is 0 Å². The van der Waals surface area contributed by atoms with Gasteiger partial charge in [0.05, 0.1) is 5.41 Å². The van der Waals surface area contributed by atoms with Crippen LogP contribution in [0.2, 0.25) is 0 Å². The molecule has 130 valence electrons. The van der Waals surface area contributed by atoms with E-state index < -0.39 is 5.41 Å². The summed E-state index contributed by atoms with van der Waals surface area (Å²) in [5.74, 6) is -0.467. The molecule has 1 amide bonds. The number of benzene rings is 3. The Bertz CT molecular complexity index is 945. The normalized spacial score (nSPS) is 14.6. The molecule has 0 bridgehead atoms. The van der Waals surface area contributed by atoms with Gasteiger partial charge in [0.1, 0.15) is 0 Å². The first-order valence-electron chi connectivity index (χ1n) is 8.58. The summed E-state index contributed by atoms with van der Waals surface area (Å²) in [6, 6.07) is 22.4. The zero-order chi connectivity index (χ0) is 18.1. The molecule has 0 spiro atoms. The van der Waals surface area contributed by atoms with E-state index in [1.54, 1.807) is 6.07 Å². The Morgan fingerprint density at radius 1 is 0.808 bits per heavy atom. The van der Waals surface area contributed by atoms with Crippen molar-refractivity contribution < 1.29 is 15.0 Å². The highest BCUT2D eigenvalue weighted by Gasteiger charge is 2.51. The van der Waals surface area contributed by atoms with Crippen LogP contribution in [0.4, 0.5) is 5.69 Å². The fraction of sp³-hybridized carbons (Fsp3) is 0.136. The van der Waals surface area contributed by atoms with E-state index in [4.69, 9.17) is 0 Å². The summed E-state index contributed by atoms with van der Waals surface area (Å²) in [5.41, 5.74) is 3.07. The molecule has 4 heteroatoms. The second-order valence-electron chi connectivity index (χ2n) is 6.68.